The number of carbonyl (C=O) groups excluding carboxylic acids is 1. The van der Waals surface area contributed by atoms with Crippen LogP contribution in [0.5, 0.6) is 0 Å². The molecule has 1 heterocycles. The summed E-state index contributed by atoms with van der Waals surface area (Å²) in [5, 5.41) is 4.00. The molecule has 2 rings (SSSR count). The Hall–Kier alpha value is -2.36. The average Bonchev–Trinajstić information content (AvgIpc) is 2.81. The molecule has 1 N–H and O–H groups in total. The van der Waals surface area contributed by atoms with Crippen LogP contribution in [-0.4, -0.2) is 12.1 Å². The van der Waals surface area contributed by atoms with Gasteiger partial charge in [0.25, 0.3) is 5.91 Å². The fraction of sp³-hybridized carbons (Fsp3) is 0.250. The predicted molar refractivity (Wildman–Crippen MR) is 79.2 cm³/mol. The third kappa shape index (κ3) is 2.96. The van der Waals surface area contributed by atoms with Gasteiger partial charge in [-0.3, -0.25) is 4.79 Å². The predicted octanol–water partition coefficient (Wildman–Crippen LogP) is 3.28. The molecule has 0 saturated carbocycles. The standard InChI is InChI=1S/C16H18N2O2/c1-10-7-12(3)14(8-11(10)2)9-17-18-16(19)15-5-6-20-13(15)4/h5-9H,1-4H3,(H,18,19)/b17-9-. The first-order chi connectivity index (χ1) is 9.49. The van der Waals surface area contributed by atoms with Gasteiger partial charge in [-0.05, 0) is 62.1 Å². The van der Waals surface area contributed by atoms with Crippen molar-refractivity contribution in [2.24, 2.45) is 5.10 Å². The largest absolute Gasteiger partial charge is 0.469 e. The Kier molecular flexibility index (Phi) is 4.03. The summed E-state index contributed by atoms with van der Waals surface area (Å²) in [5.41, 5.74) is 7.58. The van der Waals surface area contributed by atoms with E-state index < -0.39 is 0 Å². The highest BCUT2D eigenvalue weighted by Crippen LogP contribution is 2.13. The lowest BCUT2D eigenvalue weighted by atomic mass is 10.0. The van der Waals surface area contributed by atoms with Crippen LogP contribution in [0.2, 0.25) is 0 Å². The third-order valence-corrected chi connectivity index (χ3v) is 3.36. The molecule has 0 unspecified atom stereocenters. The van der Waals surface area contributed by atoms with Gasteiger partial charge in [0.15, 0.2) is 0 Å². The van der Waals surface area contributed by atoms with Crippen LogP contribution in [-0.2, 0) is 0 Å². The second-order valence-electron chi connectivity index (χ2n) is 4.88. The van der Waals surface area contributed by atoms with Crippen molar-refractivity contribution in [3.63, 3.8) is 0 Å². The van der Waals surface area contributed by atoms with Gasteiger partial charge in [0.05, 0.1) is 18.0 Å². The van der Waals surface area contributed by atoms with Crippen molar-refractivity contribution in [1.82, 2.24) is 5.43 Å². The molecule has 0 aliphatic heterocycles. The van der Waals surface area contributed by atoms with Gasteiger partial charge in [-0.1, -0.05) is 6.07 Å². The maximum Gasteiger partial charge on any atom is 0.274 e. The number of amides is 1. The van der Waals surface area contributed by atoms with Crippen LogP contribution in [0.1, 0.15) is 38.4 Å². The van der Waals surface area contributed by atoms with E-state index in [-0.39, 0.29) is 5.91 Å². The summed E-state index contributed by atoms with van der Waals surface area (Å²) in [7, 11) is 0. The quantitative estimate of drug-likeness (QED) is 0.687. The summed E-state index contributed by atoms with van der Waals surface area (Å²) < 4.78 is 5.09. The van der Waals surface area contributed by atoms with Crippen molar-refractivity contribution in [3.05, 3.63) is 58.0 Å². The summed E-state index contributed by atoms with van der Waals surface area (Å²) in [6, 6.07) is 5.80. The first-order valence-corrected chi connectivity index (χ1v) is 6.44. The molecule has 2 aromatic rings. The minimum atomic E-state index is -0.269. The normalized spacial score (nSPS) is 11.0. The maximum atomic E-state index is 11.8. The van der Waals surface area contributed by atoms with E-state index in [0.717, 1.165) is 11.1 Å². The van der Waals surface area contributed by atoms with Crippen LogP contribution < -0.4 is 5.43 Å². The van der Waals surface area contributed by atoms with Crippen LogP contribution in [0.4, 0.5) is 0 Å². The van der Waals surface area contributed by atoms with Gasteiger partial charge < -0.3 is 4.42 Å². The van der Waals surface area contributed by atoms with E-state index in [2.05, 4.69) is 36.5 Å². The molecule has 0 radical (unpaired) electrons. The van der Waals surface area contributed by atoms with Crippen LogP contribution in [0.15, 0.2) is 34.0 Å². The molecular formula is C16H18N2O2. The Morgan fingerprint density at radius 3 is 2.50 bits per heavy atom. The number of carbonyl (C=O) groups is 1. The third-order valence-electron chi connectivity index (χ3n) is 3.36. The fourth-order valence-electron chi connectivity index (χ4n) is 1.96. The number of nitrogens with zero attached hydrogens (tertiary/aromatic N) is 1. The SMILES string of the molecule is Cc1cc(C)c(/C=N\NC(=O)c2ccoc2C)cc1C. The second kappa shape index (κ2) is 5.74. The summed E-state index contributed by atoms with van der Waals surface area (Å²) in [4.78, 5) is 11.8. The molecule has 4 nitrogen and oxygen atoms in total. The van der Waals surface area contributed by atoms with Crippen LogP contribution >= 0.6 is 0 Å². The molecule has 1 amide bonds. The molecule has 1 aromatic carbocycles. The van der Waals surface area contributed by atoms with E-state index in [1.807, 2.05) is 6.92 Å². The molecule has 0 bridgehead atoms. The number of aryl methyl sites for hydroxylation is 4. The number of benzene rings is 1. The molecule has 0 atom stereocenters. The van der Waals surface area contributed by atoms with Gasteiger partial charge in [-0.25, -0.2) is 5.43 Å². The molecule has 20 heavy (non-hydrogen) atoms. The van der Waals surface area contributed by atoms with E-state index in [9.17, 15) is 4.79 Å². The first-order valence-electron chi connectivity index (χ1n) is 6.44. The van der Waals surface area contributed by atoms with Crippen molar-refractivity contribution in [2.75, 3.05) is 0 Å². The number of furan rings is 1. The molecule has 104 valence electrons. The van der Waals surface area contributed by atoms with E-state index in [1.165, 1.54) is 17.4 Å². The highest BCUT2D eigenvalue weighted by atomic mass is 16.3. The van der Waals surface area contributed by atoms with E-state index in [0.29, 0.717) is 11.3 Å². The highest BCUT2D eigenvalue weighted by Gasteiger charge is 2.09. The van der Waals surface area contributed by atoms with Gasteiger partial charge in [0.1, 0.15) is 5.76 Å². The van der Waals surface area contributed by atoms with Crippen molar-refractivity contribution in [1.29, 1.82) is 0 Å². The topological polar surface area (TPSA) is 54.6 Å². The Morgan fingerprint density at radius 1 is 1.15 bits per heavy atom. The molecule has 0 saturated heterocycles. The summed E-state index contributed by atoms with van der Waals surface area (Å²) in [5.74, 6) is 0.314. The van der Waals surface area contributed by atoms with Gasteiger partial charge in [0.2, 0.25) is 0 Å². The first kappa shape index (κ1) is 14.1. The van der Waals surface area contributed by atoms with E-state index >= 15 is 0 Å². The lowest BCUT2D eigenvalue weighted by Gasteiger charge is -2.05. The summed E-state index contributed by atoms with van der Waals surface area (Å²) in [6.07, 6.45) is 3.15. The fourth-order valence-corrected chi connectivity index (χ4v) is 1.96. The maximum absolute atomic E-state index is 11.8. The Labute approximate surface area is 118 Å². The van der Waals surface area contributed by atoms with E-state index in [1.54, 1.807) is 19.2 Å². The van der Waals surface area contributed by atoms with Crippen molar-refractivity contribution < 1.29 is 9.21 Å². The summed E-state index contributed by atoms with van der Waals surface area (Å²) in [6.45, 7) is 7.90. The lowest BCUT2D eigenvalue weighted by Crippen LogP contribution is -2.17. The smallest absolute Gasteiger partial charge is 0.274 e. The lowest BCUT2D eigenvalue weighted by molar-refractivity contribution is 0.0953. The van der Waals surface area contributed by atoms with Crippen molar-refractivity contribution in [3.8, 4) is 0 Å². The van der Waals surface area contributed by atoms with Gasteiger partial charge in [-0.2, -0.15) is 5.10 Å². The van der Waals surface area contributed by atoms with Gasteiger partial charge in [-0.15, -0.1) is 0 Å². The highest BCUT2D eigenvalue weighted by molar-refractivity contribution is 5.95. The number of rotatable bonds is 3. The van der Waals surface area contributed by atoms with Gasteiger partial charge >= 0.3 is 0 Å². The minimum absolute atomic E-state index is 0.269. The van der Waals surface area contributed by atoms with E-state index in [4.69, 9.17) is 4.42 Å². The number of nitrogens with one attached hydrogen (secondary N) is 1. The monoisotopic (exact) mass is 270 g/mol. The number of hydrogen-bond acceptors (Lipinski definition) is 3. The zero-order chi connectivity index (χ0) is 14.7. The molecule has 1 aromatic heterocycles. The Morgan fingerprint density at radius 2 is 1.85 bits per heavy atom. The zero-order valence-electron chi connectivity index (χ0n) is 12.2. The minimum Gasteiger partial charge on any atom is -0.469 e. The van der Waals surface area contributed by atoms with Crippen LogP contribution in [0.3, 0.4) is 0 Å². The molecule has 4 heteroatoms. The molecule has 0 spiro atoms. The molecule has 0 fully saturated rings. The van der Waals surface area contributed by atoms with Crippen molar-refractivity contribution in [2.45, 2.75) is 27.7 Å². The van der Waals surface area contributed by atoms with Crippen LogP contribution in [0, 0.1) is 27.7 Å². The Balaban J connectivity index is 2.09. The second-order valence-corrected chi connectivity index (χ2v) is 4.88. The average molecular weight is 270 g/mol. The zero-order valence-corrected chi connectivity index (χ0v) is 12.2. The van der Waals surface area contributed by atoms with Gasteiger partial charge in [0, 0.05) is 0 Å². The molecule has 0 aliphatic carbocycles. The van der Waals surface area contributed by atoms with Crippen molar-refractivity contribution >= 4 is 12.1 Å². The Bertz CT molecular complexity index is 669. The number of hydrazone groups is 1. The summed E-state index contributed by atoms with van der Waals surface area (Å²) >= 11 is 0. The van der Waals surface area contributed by atoms with Crippen LogP contribution in [0.25, 0.3) is 0 Å². The molecule has 0 aliphatic rings. The molecular weight excluding hydrogens is 252 g/mol. The number of hydrogen-bond donors (Lipinski definition) is 1.